The number of benzene rings is 3. The molecule has 0 aliphatic carbocycles. The first kappa shape index (κ1) is 20.6. The molecule has 3 rings (SSSR count). The Labute approximate surface area is 175 Å². The van der Waals surface area contributed by atoms with Crippen molar-refractivity contribution >= 4 is 23.5 Å². The van der Waals surface area contributed by atoms with Crippen LogP contribution < -0.4 is 19.6 Å². The van der Waals surface area contributed by atoms with Crippen molar-refractivity contribution in [2.45, 2.75) is 13.5 Å². The van der Waals surface area contributed by atoms with Gasteiger partial charge in [-0.1, -0.05) is 48.0 Å². The Hall–Kier alpha value is -3.18. The average Bonchev–Trinajstić information content (AvgIpc) is 2.75. The van der Waals surface area contributed by atoms with Crippen LogP contribution in [0.5, 0.6) is 17.2 Å². The molecule has 0 saturated carbocycles. The topological polar surface area (TPSA) is 52.1 Å². The second-order valence-electron chi connectivity index (χ2n) is 6.36. The van der Waals surface area contributed by atoms with Crippen LogP contribution in [0, 0.1) is 6.92 Å². The van der Waals surface area contributed by atoms with Crippen molar-refractivity contribution in [3.05, 3.63) is 82.4 Å². The third kappa shape index (κ3) is 5.42. The van der Waals surface area contributed by atoms with E-state index in [0.29, 0.717) is 28.9 Å². The minimum absolute atomic E-state index is 0.413. The zero-order valence-corrected chi connectivity index (χ0v) is 17.4. The molecular weight excluding hydrogens is 388 g/mol. The fourth-order valence-corrected chi connectivity index (χ4v) is 2.87. The number of hydrazone groups is 1. The quantitative estimate of drug-likeness (QED) is 0.383. The van der Waals surface area contributed by atoms with Crippen LogP contribution in [-0.2, 0) is 6.61 Å². The van der Waals surface area contributed by atoms with E-state index in [1.165, 1.54) is 0 Å². The van der Waals surface area contributed by atoms with Gasteiger partial charge in [0.15, 0.2) is 11.5 Å². The lowest BCUT2D eigenvalue weighted by Gasteiger charge is -2.15. The monoisotopic (exact) mass is 410 g/mol. The molecule has 0 aromatic heterocycles. The zero-order chi connectivity index (χ0) is 20.6. The number of nitrogens with one attached hydrogen (secondary N) is 1. The van der Waals surface area contributed by atoms with Crippen LogP contribution in [0.1, 0.15) is 16.7 Å². The van der Waals surface area contributed by atoms with Crippen LogP contribution in [0.4, 0.5) is 5.69 Å². The smallest absolute Gasteiger partial charge is 0.203 e. The Morgan fingerprint density at radius 2 is 1.66 bits per heavy atom. The fourth-order valence-electron chi connectivity index (χ4n) is 2.69. The number of nitrogens with zero attached hydrogens (tertiary/aromatic N) is 1. The Morgan fingerprint density at radius 3 is 2.28 bits per heavy atom. The van der Waals surface area contributed by atoms with Crippen molar-refractivity contribution in [1.29, 1.82) is 0 Å². The van der Waals surface area contributed by atoms with E-state index < -0.39 is 0 Å². The van der Waals surface area contributed by atoms with Crippen molar-refractivity contribution in [2.75, 3.05) is 19.6 Å². The second kappa shape index (κ2) is 9.85. The number of methoxy groups -OCH3 is 2. The number of hydrogen-bond donors (Lipinski definition) is 1. The molecule has 0 unspecified atom stereocenters. The summed E-state index contributed by atoms with van der Waals surface area (Å²) in [4.78, 5) is 0. The third-order valence-corrected chi connectivity index (χ3v) is 4.70. The summed E-state index contributed by atoms with van der Waals surface area (Å²) in [7, 11) is 3.19. The Bertz CT molecular complexity index is 966. The minimum atomic E-state index is 0.413. The first-order chi connectivity index (χ1) is 14.1. The van der Waals surface area contributed by atoms with E-state index in [-0.39, 0.29) is 0 Å². The highest BCUT2D eigenvalue weighted by Gasteiger charge is 2.14. The summed E-state index contributed by atoms with van der Waals surface area (Å²) in [6.45, 7) is 2.37. The minimum Gasteiger partial charge on any atom is -0.493 e. The van der Waals surface area contributed by atoms with E-state index in [2.05, 4.69) is 10.5 Å². The molecule has 3 aromatic rings. The first-order valence-corrected chi connectivity index (χ1v) is 9.46. The van der Waals surface area contributed by atoms with Gasteiger partial charge in [0.1, 0.15) is 6.61 Å². The van der Waals surface area contributed by atoms with Crippen LogP contribution in [0.25, 0.3) is 0 Å². The van der Waals surface area contributed by atoms with E-state index >= 15 is 0 Å². The molecule has 0 heterocycles. The van der Waals surface area contributed by atoms with Crippen molar-refractivity contribution in [3.8, 4) is 17.2 Å². The molecule has 0 atom stereocenters. The molecule has 150 valence electrons. The number of anilines is 1. The van der Waals surface area contributed by atoms with Gasteiger partial charge in [-0.25, -0.2) is 0 Å². The lowest BCUT2D eigenvalue weighted by Crippen LogP contribution is -2.01. The molecule has 6 heteroatoms. The van der Waals surface area contributed by atoms with Gasteiger partial charge in [-0.15, -0.1) is 0 Å². The standard InChI is InChI=1S/C23H23ClN2O3/c1-16-9-10-19(13-20(16)24)26-25-14-18-11-21(27-2)23(22(12-18)28-3)29-15-17-7-5-4-6-8-17/h4-14,26H,15H2,1-3H3/b25-14+. The summed E-state index contributed by atoms with van der Waals surface area (Å²) in [6.07, 6.45) is 1.68. The fraction of sp³-hybridized carbons (Fsp3) is 0.174. The number of aryl methyl sites for hydroxylation is 1. The van der Waals surface area contributed by atoms with Crippen LogP contribution >= 0.6 is 11.6 Å². The predicted octanol–water partition coefficient (Wildman–Crippen LogP) is 5.69. The predicted molar refractivity (Wildman–Crippen MR) is 118 cm³/mol. The number of halogens is 1. The summed E-state index contributed by atoms with van der Waals surface area (Å²) in [5.74, 6) is 1.69. The molecule has 1 N–H and O–H groups in total. The van der Waals surface area contributed by atoms with Gasteiger partial charge in [-0.3, -0.25) is 5.43 Å². The van der Waals surface area contributed by atoms with Crippen LogP contribution in [0.2, 0.25) is 5.02 Å². The molecule has 5 nitrogen and oxygen atoms in total. The normalized spacial score (nSPS) is 10.8. The summed E-state index contributed by atoms with van der Waals surface area (Å²) >= 11 is 6.14. The highest BCUT2D eigenvalue weighted by molar-refractivity contribution is 6.31. The molecule has 0 bridgehead atoms. The average molecular weight is 411 g/mol. The molecule has 0 amide bonds. The van der Waals surface area contributed by atoms with E-state index in [4.69, 9.17) is 25.8 Å². The van der Waals surface area contributed by atoms with E-state index in [0.717, 1.165) is 22.4 Å². The van der Waals surface area contributed by atoms with Gasteiger partial charge >= 0.3 is 0 Å². The van der Waals surface area contributed by atoms with Gasteiger partial charge in [-0.05, 0) is 42.3 Å². The van der Waals surface area contributed by atoms with Gasteiger partial charge < -0.3 is 14.2 Å². The van der Waals surface area contributed by atoms with Gasteiger partial charge in [0, 0.05) is 10.6 Å². The lowest BCUT2D eigenvalue weighted by atomic mass is 10.2. The van der Waals surface area contributed by atoms with Crippen molar-refractivity contribution in [1.82, 2.24) is 0 Å². The number of ether oxygens (including phenoxy) is 3. The van der Waals surface area contributed by atoms with Gasteiger partial charge in [0.2, 0.25) is 5.75 Å². The van der Waals surface area contributed by atoms with Gasteiger partial charge in [0.05, 0.1) is 26.1 Å². The molecule has 3 aromatic carbocycles. The SMILES string of the molecule is COc1cc(/C=N/Nc2ccc(C)c(Cl)c2)cc(OC)c1OCc1ccccc1. The molecule has 0 aliphatic heterocycles. The van der Waals surface area contributed by atoms with E-state index in [1.54, 1.807) is 20.4 Å². The molecule has 0 fully saturated rings. The Kier molecular flexibility index (Phi) is 6.98. The van der Waals surface area contributed by atoms with Crippen LogP contribution in [0.3, 0.4) is 0 Å². The zero-order valence-electron chi connectivity index (χ0n) is 16.6. The lowest BCUT2D eigenvalue weighted by molar-refractivity contribution is 0.266. The maximum Gasteiger partial charge on any atom is 0.203 e. The highest BCUT2D eigenvalue weighted by atomic mass is 35.5. The maximum atomic E-state index is 6.14. The summed E-state index contributed by atoms with van der Waals surface area (Å²) < 4.78 is 17.0. The first-order valence-electron chi connectivity index (χ1n) is 9.08. The largest absolute Gasteiger partial charge is 0.493 e. The van der Waals surface area contributed by atoms with Gasteiger partial charge in [0.25, 0.3) is 0 Å². The molecule has 0 aliphatic rings. The number of hydrogen-bond acceptors (Lipinski definition) is 5. The summed E-state index contributed by atoms with van der Waals surface area (Å²) in [5, 5.41) is 4.96. The highest BCUT2D eigenvalue weighted by Crippen LogP contribution is 2.38. The summed E-state index contributed by atoms with van der Waals surface area (Å²) in [6, 6.07) is 19.3. The Balaban J connectivity index is 1.76. The summed E-state index contributed by atoms with van der Waals surface area (Å²) in [5.41, 5.74) is 6.65. The second-order valence-corrected chi connectivity index (χ2v) is 6.77. The Morgan fingerprint density at radius 1 is 0.966 bits per heavy atom. The molecule has 0 spiro atoms. The van der Waals surface area contributed by atoms with Crippen LogP contribution in [0.15, 0.2) is 65.8 Å². The van der Waals surface area contributed by atoms with Gasteiger partial charge in [-0.2, -0.15) is 5.10 Å². The molecular formula is C23H23ClN2O3. The van der Waals surface area contributed by atoms with Crippen molar-refractivity contribution in [3.63, 3.8) is 0 Å². The third-order valence-electron chi connectivity index (χ3n) is 4.29. The van der Waals surface area contributed by atoms with E-state index in [1.807, 2.05) is 67.6 Å². The van der Waals surface area contributed by atoms with Crippen molar-refractivity contribution < 1.29 is 14.2 Å². The van der Waals surface area contributed by atoms with Crippen molar-refractivity contribution in [2.24, 2.45) is 5.10 Å². The van der Waals surface area contributed by atoms with Crippen LogP contribution in [-0.4, -0.2) is 20.4 Å². The maximum absolute atomic E-state index is 6.14. The molecule has 0 radical (unpaired) electrons. The number of rotatable bonds is 8. The molecule has 0 saturated heterocycles. The molecule has 29 heavy (non-hydrogen) atoms. The van der Waals surface area contributed by atoms with E-state index in [9.17, 15) is 0 Å².